The number of hydrogen-bond acceptors (Lipinski definition) is 3. The highest BCUT2D eigenvalue weighted by atomic mass is 32.1. The van der Waals surface area contributed by atoms with E-state index < -0.39 is 0 Å². The molecule has 2 rings (SSSR count). The van der Waals surface area contributed by atoms with Gasteiger partial charge in [0.1, 0.15) is 5.75 Å². The highest BCUT2D eigenvalue weighted by Gasteiger charge is 2.18. The normalized spacial score (nSPS) is 12.4. The number of ether oxygens (including phenoxy) is 1. The predicted molar refractivity (Wildman–Crippen MR) is 91.7 cm³/mol. The summed E-state index contributed by atoms with van der Waals surface area (Å²) in [7, 11) is 1.74. The summed E-state index contributed by atoms with van der Waals surface area (Å²) in [5, 5.41) is 8.17. The monoisotopic (exact) mass is 303 g/mol. The van der Waals surface area contributed by atoms with Gasteiger partial charge < -0.3 is 10.1 Å². The van der Waals surface area contributed by atoms with Crippen molar-refractivity contribution in [2.45, 2.75) is 40.2 Å². The van der Waals surface area contributed by atoms with Crippen LogP contribution in [0.3, 0.4) is 0 Å². The molecule has 1 atom stereocenters. The third kappa shape index (κ3) is 3.47. The lowest BCUT2D eigenvalue weighted by Gasteiger charge is -2.21. The summed E-state index contributed by atoms with van der Waals surface area (Å²) < 4.78 is 5.49. The van der Waals surface area contributed by atoms with E-state index in [9.17, 15) is 0 Å². The Labute approximate surface area is 132 Å². The zero-order chi connectivity index (χ0) is 15.4. The van der Waals surface area contributed by atoms with E-state index in [1.807, 2.05) is 0 Å². The number of rotatable bonds is 6. The second-order valence-corrected chi connectivity index (χ2v) is 6.33. The fourth-order valence-electron chi connectivity index (χ4n) is 2.83. The van der Waals surface area contributed by atoms with E-state index in [-0.39, 0.29) is 6.04 Å². The standard InChI is InChI=1S/C18H25NOS/c1-6-7-19-17(16-11-21-10-14(16)4)15-8-12(2)18(20-5)13(3)9-15/h8-11,17,19H,6-7H2,1-5H3. The Morgan fingerprint density at radius 1 is 1.10 bits per heavy atom. The summed E-state index contributed by atoms with van der Waals surface area (Å²) in [5.74, 6) is 0.995. The van der Waals surface area contributed by atoms with Crippen molar-refractivity contribution in [3.05, 3.63) is 50.7 Å². The molecule has 1 heterocycles. The SMILES string of the molecule is CCCNC(c1cc(C)c(OC)c(C)c1)c1cscc1C. The quantitative estimate of drug-likeness (QED) is 0.830. The fraction of sp³-hybridized carbons (Fsp3) is 0.444. The maximum absolute atomic E-state index is 5.49. The van der Waals surface area contributed by atoms with Gasteiger partial charge in [-0.15, -0.1) is 0 Å². The van der Waals surface area contributed by atoms with E-state index in [1.165, 1.54) is 27.8 Å². The predicted octanol–water partition coefficient (Wildman–Crippen LogP) is 4.77. The number of methoxy groups -OCH3 is 1. The molecule has 114 valence electrons. The topological polar surface area (TPSA) is 21.3 Å². The van der Waals surface area contributed by atoms with Gasteiger partial charge in [0.05, 0.1) is 13.2 Å². The van der Waals surface area contributed by atoms with Crippen molar-refractivity contribution >= 4 is 11.3 Å². The molecule has 2 aromatic rings. The highest BCUT2D eigenvalue weighted by Crippen LogP contribution is 2.32. The van der Waals surface area contributed by atoms with Crippen LogP contribution in [0.1, 0.15) is 47.2 Å². The van der Waals surface area contributed by atoms with Gasteiger partial charge in [0.2, 0.25) is 0 Å². The highest BCUT2D eigenvalue weighted by molar-refractivity contribution is 7.08. The lowest BCUT2D eigenvalue weighted by molar-refractivity contribution is 0.408. The van der Waals surface area contributed by atoms with Crippen LogP contribution in [0.25, 0.3) is 0 Å². The lowest BCUT2D eigenvalue weighted by Crippen LogP contribution is -2.23. The Morgan fingerprint density at radius 2 is 1.76 bits per heavy atom. The summed E-state index contributed by atoms with van der Waals surface area (Å²) in [5.41, 5.74) is 6.46. The molecule has 0 saturated heterocycles. The van der Waals surface area contributed by atoms with Gasteiger partial charge in [-0.2, -0.15) is 11.3 Å². The fourth-order valence-corrected chi connectivity index (χ4v) is 3.71. The molecule has 1 unspecified atom stereocenters. The molecule has 0 bridgehead atoms. The summed E-state index contributed by atoms with van der Waals surface area (Å²) >= 11 is 1.77. The van der Waals surface area contributed by atoms with E-state index in [2.05, 4.69) is 55.9 Å². The first-order valence-corrected chi connectivity index (χ1v) is 8.44. The second-order valence-electron chi connectivity index (χ2n) is 5.59. The van der Waals surface area contributed by atoms with Gasteiger partial charge in [-0.1, -0.05) is 19.1 Å². The molecule has 0 saturated carbocycles. The van der Waals surface area contributed by atoms with Gasteiger partial charge in [-0.3, -0.25) is 0 Å². The van der Waals surface area contributed by atoms with Crippen molar-refractivity contribution < 1.29 is 4.74 Å². The second kappa shape index (κ2) is 7.10. The average molecular weight is 303 g/mol. The summed E-state index contributed by atoms with van der Waals surface area (Å²) in [6.45, 7) is 9.65. The minimum Gasteiger partial charge on any atom is -0.496 e. The Morgan fingerprint density at radius 3 is 2.24 bits per heavy atom. The molecule has 0 amide bonds. The molecular weight excluding hydrogens is 278 g/mol. The molecule has 0 aliphatic carbocycles. The Bertz CT molecular complexity index is 580. The van der Waals surface area contributed by atoms with E-state index in [4.69, 9.17) is 4.74 Å². The van der Waals surface area contributed by atoms with Crippen molar-refractivity contribution in [2.24, 2.45) is 0 Å². The van der Waals surface area contributed by atoms with E-state index in [1.54, 1.807) is 18.4 Å². The van der Waals surface area contributed by atoms with Gasteiger partial charge >= 0.3 is 0 Å². The molecule has 0 fully saturated rings. The zero-order valence-corrected chi connectivity index (χ0v) is 14.4. The maximum atomic E-state index is 5.49. The smallest absolute Gasteiger partial charge is 0.124 e. The Kier molecular flexibility index (Phi) is 5.43. The summed E-state index contributed by atoms with van der Waals surface area (Å²) in [6, 6.07) is 4.76. The zero-order valence-electron chi connectivity index (χ0n) is 13.6. The van der Waals surface area contributed by atoms with Crippen molar-refractivity contribution in [3.63, 3.8) is 0 Å². The lowest BCUT2D eigenvalue weighted by atomic mass is 9.94. The average Bonchev–Trinajstić information content (AvgIpc) is 2.85. The third-order valence-electron chi connectivity index (χ3n) is 3.82. The van der Waals surface area contributed by atoms with Crippen LogP contribution in [0.4, 0.5) is 0 Å². The van der Waals surface area contributed by atoms with Gasteiger partial charge in [-0.05, 0) is 72.3 Å². The van der Waals surface area contributed by atoms with Gasteiger partial charge in [0.15, 0.2) is 0 Å². The largest absolute Gasteiger partial charge is 0.496 e. The molecule has 2 nitrogen and oxygen atoms in total. The summed E-state index contributed by atoms with van der Waals surface area (Å²) in [6.07, 6.45) is 1.13. The molecule has 21 heavy (non-hydrogen) atoms. The van der Waals surface area contributed by atoms with Crippen LogP contribution >= 0.6 is 11.3 Å². The minimum atomic E-state index is 0.263. The van der Waals surface area contributed by atoms with Crippen LogP contribution < -0.4 is 10.1 Å². The van der Waals surface area contributed by atoms with E-state index in [0.29, 0.717) is 0 Å². The molecular formula is C18H25NOS. The third-order valence-corrected chi connectivity index (χ3v) is 4.70. The number of benzene rings is 1. The molecule has 0 spiro atoms. The van der Waals surface area contributed by atoms with Crippen LogP contribution in [-0.4, -0.2) is 13.7 Å². The van der Waals surface area contributed by atoms with Crippen molar-refractivity contribution in [1.82, 2.24) is 5.32 Å². The van der Waals surface area contributed by atoms with E-state index in [0.717, 1.165) is 18.7 Å². The molecule has 1 aromatic carbocycles. The maximum Gasteiger partial charge on any atom is 0.124 e. The number of thiophene rings is 1. The number of hydrogen-bond donors (Lipinski definition) is 1. The number of nitrogens with one attached hydrogen (secondary N) is 1. The van der Waals surface area contributed by atoms with Gasteiger partial charge in [-0.25, -0.2) is 0 Å². The molecule has 0 radical (unpaired) electrons. The Hall–Kier alpha value is -1.32. The van der Waals surface area contributed by atoms with Gasteiger partial charge in [0.25, 0.3) is 0 Å². The van der Waals surface area contributed by atoms with Crippen LogP contribution in [-0.2, 0) is 0 Å². The molecule has 0 aliphatic rings. The Balaban J connectivity index is 2.44. The minimum absolute atomic E-state index is 0.263. The first-order valence-electron chi connectivity index (χ1n) is 7.49. The first kappa shape index (κ1) is 16.1. The molecule has 1 N–H and O–H groups in total. The molecule has 1 aromatic heterocycles. The van der Waals surface area contributed by atoms with Crippen LogP contribution in [0.2, 0.25) is 0 Å². The van der Waals surface area contributed by atoms with Crippen molar-refractivity contribution in [3.8, 4) is 5.75 Å². The van der Waals surface area contributed by atoms with Crippen molar-refractivity contribution in [1.29, 1.82) is 0 Å². The van der Waals surface area contributed by atoms with Crippen LogP contribution in [0.15, 0.2) is 22.9 Å². The first-order chi connectivity index (χ1) is 10.1. The molecule has 3 heteroatoms. The van der Waals surface area contributed by atoms with Gasteiger partial charge in [0, 0.05) is 0 Å². The number of aryl methyl sites for hydroxylation is 3. The van der Waals surface area contributed by atoms with Crippen molar-refractivity contribution in [2.75, 3.05) is 13.7 Å². The molecule has 0 aliphatic heterocycles. The summed E-state index contributed by atoms with van der Waals surface area (Å²) in [4.78, 5) is 0. The van der Waals surface area contributed by atoms with Crippen LogP contribution in [0, 0.1) is 20.8 Å². The van der Waals surface area contributed by atoms with Crippen LogP contribution in [0.5, 0.6) is 5.75 Å². The van der Waals surface area contributed by atoms with E-state index >= 15 is 0 Å².